The van der Waals surface area contributed by atoms with Gasteiger partial charge in [0.25, 0.3) is 20.2 Å². The standard InChI is InChI=1S/C20H22N4O11S2/c21-12-8-16(35-4-2-26)14(9-15(12)34-3-1-25)23-24-19-18(37(31,32)33)6-10-5-17(36(28,29)30)13(22)7-11(10)20(19)27/h5-9,25-27H,1-4,21-22H2,(H,28,29,30)(H,31,32,33). The number of azo groups is 1. The SMILES string of the molecule is Nc1cc(OCCO)c(N=Nc2c(S(=O)(=O)O)cc3cc(S(=O)(=O)O)c(N)cc3c2O)cc1OCCO. The molecular formula is C20H22N4O11S2. The molecule has 3 aromatic carbocycles. The Bertz CT molecular complexity index is 1590. The minimum atomic E-state index is -5.06. The Balaban J connectivity index is 2.26. The van der Waals surface area contributed by atoms with Gasteiger partial charge in [-0.3, -0.25) is 9.11 Å². The summed E-state index contributed by atoms with van der Waals surface area (Å²) in [5, 5.41) is 36.1. The maximum atomic E-state index is 12.1. The zero-order valence-corrected chi connectivity index (χ0v) is 20.4. The second-order valence-electron chi connectivity index (χ2n) is 7.34. The first-order valence-corrected chi connectivity index (χ1v) is 13.0. The maximum absolute atomic E-state index is 12.1. The number of anilines is 2. The summed E-state index contributed by atoms with van der Waals surface area (Å²) >= 11 is 0. The number of aliphatic hydroxyl groups excluding tert-OH is 2. The van der Waals surface area contributed by atoms with E-state index in [4.69, 9.17) is 31.2 Å². The van der Waals surface area contributed by atoms with Crippen LogP contribution in [0.3, 0.4) is 0 Å². The van der Waals surface area contributed by atoms with Crippen molar-refractivity contribution in [1.82, 2.24) is 0 Å². The van der Waals surface area contributed by atoms with E-state index >= 15 is 0 Å². The number of aromatic hydroxyl groups is 1. The first kappa shape index (κ1) is 27.8. The van der Waals surface area contributed by atoms with Gasteiger partial charge in [0.05, 0.1) is 24.6 Å². The number of phenols is 1. The summed E-state index contributed by atoms with van der Waals surface area (Å²) in [7, 11) is -9.85. The molecule has 0 atom stereocenters. The molecule has 200 valence electrons. The Hall–Kier alpha value is -3.74. The first-order chi connectivity index (χ1) is 17.3. The van der Waals surface area contributed by atoms with Gasteiger partial charge in [-0.15, -0.1) is 10.2 Å². The molecule has 0 aliphatic carbocycles. The Morgan fingerprint density at radius 2 is 1.32 bits per heavy atom. The number of nitrogens with zero attached hydrogens (tertiary/aromatic N) is 2. The highest BCUT2D eigenvalue weighted by atomic mass is 32.2. The highest BCUT2D eigenvalue weighted by Crippen LogP contribution is 2.44. The number of nitrogen functional groups attached to an aromatic ring is 2. The second kappa shape index (κ2) is 10.7. The zero-order chi connectivity index (χ0) is 27.5. The predicted octanol–water partition coefficient (Wildman–Crippen LogP) is 1.36. The molecule has 9 N–H and O–H groups in total. The Morgan fingerprint density at radius 3 is 1.89 bits per heavy atom. The summed E-state index contributed by atoms with van der Waals surface area (Å²) < 4.78 is 77.0. The van der Waals surface area contributed by atoms with Crippen LogP contribution in [0.5, 0.6) is 17.2 Å². The van der Waals surface area contributed by atoms with Crippen molar-refractivity contribution in [2.45, 2.75) is 9.79 Å². The fraction of sp³-hybridized carbons (Fsp3) is 0.200. The van der Waals surface area contributed by atoms with Crippen molar-refractivity contribution < 1.29 is 50.7 Å². The van der Waals surface area contributed by atoms with Crippen LogP contribution in [0.15, 0.2) is 50.4 Å². The van der Waals surface area contributed by atoms with Gasteiger partial charge in [0.1, 0.15) is 45.9 Å². The first-order valence-electron chi connectivity index (χ1n) is 10.1. The molecule has 0 radical (unpaired) electrons. The summed E-state index contributed by atoms with van der Waals surface area (Å²) in [5.41, 5.74) is 10.3. The average molecular weight is 559 g/mol. The van der Waals surface area contributed by atoms with Crippen molar-refractivity contribution in [2.75, 3.05) is 37.9 Å². The predicted molar refractivity (Wildman–Crippen MR) is 130 cm³/mol. The zero-order valence-electron chi connectivity index (χ0n) is 18.8. The molecule has 37 heavy (non-hydrogen) atoms. The number of nitrogens with two attached hydrogens (primary N) is 2. The summed E-state index contributed by atoms with van der Waals surface area (Å²) in [6.45, 7) is -0.997. The molecule has 0 aromatic heterocycles. The van der Waals surface area contributed by atoms with Gasteiger partial charge in [-0.2, -0.15) is 16.8 Å². The van der Waals surface area contributed by atoms with Crippen LogP contribution >= 0.6 is 0 Å². The maximum Gasteiger partial charge on any atom is 0.296 e. The Labute approximate surface area is 210 Å². The third-order valence-electron chi connectivity index (χ3n) is 4.78. The smallest absolute Gasteiger partial charge is 0.296 e. The van der Waals surface area contributed by atoms with E-state index in [1.54, 1.807) is 0 Å². The van der Waals surface area contributed by atoms with Gasteiger partial charge in [-0.05, 0) is 23.6 Å². The van der Waals surface area contributed by atoms with Gasteiger partial charge in [0.2, 0.25) is 0 Å². The van der Waals surface area contributed by atoms with Crippen molar-refractivity contribution in [3.05, 3.63) is 30.3 Å². The molecule has 17 heteroatoms. The largest absolute Gasteiger partial charge is 0.505 e. The monoisotopic (exact) mass is 558 g/mol. The molecule has 15 nitrogen and oxygen atoms in total. The minimum absolute atomic E-state index is 0.0117. The van der Waals surface area contributed by atoms with Crippen molar-refractivity contribution in [2.24, 2.45) is 10.2 Å². The minimum Gasteiger partial charge on any atom is -0.505 e. The molecule has 0 fully saturated rings. The van der Waals surface area contributed by atoms with E-state index in [1.165, 1.54) is 12.1 Å². The molecule has 0 aliphatic rings. The van der Waals surface area contributed by atoms with Crippen LogP contribution in [0.1, 0.15) is 0 Å². The van der Waals surface area contributed by atoms with Gasteiger partial charge >= 0.3 is 0 Å². The molecule has 3 rings (SSSR count). The fourth-order valence-corrected chi connectivity index (χ4v) is 4.50. The van der Waals surface area contributed by atoms with Crippen molar-refractivity contribution >= 4 is 53.8 Å². The van der Waals surface area contributed by atoms with Crippen LogP contribution in [0.25, 0.3) is 10.8 Å². The van der Waals surface area contributed by atoms with Crippen molar-refractivity contribution in [3.8, 4) is 17.2 Å². The van der Waals surface area contributed by atoms with Gasteiger partial charge < -0.3 is 36.3 Å². The van der Waals surface area contributed by atoms with Crippen LogP contribution in [-0.2, 0) is 20.2 Å². The van der Waals surface area contributed by atoms with Crippen LogP contribution < -0.4 is 20.9 Å². The number of fused-ring (bicyclic) bond motifs is 1. The Morgan fingerprint density at radius 1 is 0.757 bits per heavy atom. The number of phenolic OH excluding ortho intramolecular Hbond substituents is 1. The van der Waals surface area contributed by atoms with Gasteiger partial charge in [-0.25, -0.2) is 0 Å². The van der Waals surface area contributed by atoms with Crippen LogP contribution in [0.4, 0.5) is 22.7 Å². The van der Waals surface area contributed by atoms with Gasteiger partial charge in [0.15, 0.2) is 5.75 Å². The average Bonchev–Trinajstić information content (AvgIpc) is 2.80. The molecule has 0 heterocycles. The van der Waals surface area contributed by atoms with E-state index in [9.17, 15) is 31.0 Å². The lowest BCUT2D eigenvalue weighted by Crippen LogP contribution is -2.05. The second-order valence-corrected chi connectivity index (χ2v) is 10.1. The van der Waals surface area contributed by atoms with E-state index < -0.39 is 47.2 Å². The van der Waals surface area contributed by atoms with Crippen LogP contribution in [0, 0.1) is 0 Å². The number of ether oxygens (including phenoxy) is 2. The molecule has 0 amide bonds. The van der Waals surface area contributed by atoms with E-state index in [0.29, 0.717) is 0 Å². The van der Waals surface area contributed by atoms with Gasteiger partial charge in [0, 0.05) is 17.5 Å². The van der Waals surface area contributed by atoms with Crippen molar-refractivity contribution in [1.29, 1.82) is 0 Å². The molecule has 0 spiro atoms. The van der Waals surface area contributed by atoms with E-state index in [2.05, 4.69) is 10.2 Å². The third kappa shape index (κ3) is 6.16. The lowest BCUT2D eigenvalue weighted by molar-refractivity contribution is 0.199. The normalized spacial score (nSPS) is 12.3. The van der Waals surface area contributed by atoms with E-state index in [1.807, 2.05) is 0 Å². The lowest BCUT2D eigenvalue weighted by atomic mass is 10.1. The highest BCUT2D eigenvalue weighted by molar-refractivity contribution is 7.86. The number of hydrogen-bond donors (Lipinski definition) is 7. The van der Waals surface area contributed by atoms with Crippen molar-refractivity contribution in [3.63, 3.8) is 0 Å². The molecule has 0 saturated heterocycles. The molecule has 0 aliphatic heterocycles. The summed E-state index contributed by atoms with van der Waals surface area (Å²) in [4.78, 5) is -1.70. The van der Waals surface area contributed by atoms with E-state index in [-0.39, 0.29) is 60.1 Å². The molecule has 3 aromatic rings. The molecule has 0 unspecified atom stereocenters. The summed E-state index contributed by atoms with van der Waals surface area (Å²) in [6, 6.07) is 5.08. The topological polar surface area (TPSA) is 265 Å². The summed E-state index contributed by atoms with van der Waals surface area (Å²) in [6.07, 6.45) is 0. The summed E-state index contributed by atoms with van der Waals surface area (Å²) in [5.74, 6) is -0.794. The number of hydrogen-bond acceptors (Lipinski definition) is 13. The van der Waals surface area contributed by atoms with E-state index in [0.717, 1.165) is 18.2 Å². The third-order valence-corrected chi connectivity index (χ3v) is 6.56. The number of rotatable bonds is 10. The number of aliphatic hydroxyl groups is 2. The van der Waals surface area contributed by atoms with Crippen LogP contribution in [0.2, 0.25) is 0 Å². The van der Waals surface area contributed by atoms with Crippen LogP contribution in [-0.4, -0.2) is 67.7 Å². The molecule has 0 saturated carbocycles. The highest BCUT2D eigenvalue weighted by Gasteiger charge is 2.25. The fourth-order valence-electron chi connectivity index (χ4n) is 3.21. The number of benzene rings is 3. The quantitative estimate of drug-likeness (QED) is 0.105. The lowest BCUT2D eigenvalue weighted by Gasteiger charge is -2.13. The Kier molecular flexibility index (Phi) is 8.06. The molecular weight excluding hydrogens is 536 g/mol. The van der Waals surface area contributed by atoms with Gasteiger partial charge in [-0.1, -0.05) is 0 Å². The molecule has 0 bridgehead atoms.